The zero-order chi connectivity index (χ0) is 27.1. The highest BCUT2D eigenvalue weighted by molar-refractivity contribution is 6.16. The molecule has 0 amide bonds. The summed E-state index contributed by atoms with van der Waals surface area (Å²) < 4.78 is 9.24. The van der Waals surface area contributed by atoms with Crippen LogP contribution in [0.5, 0.6) is 11.5 Å². The summed E-state index contributed by atoms with van der Waals surface area (Å²) in [7, 11) is 2.14. The van der Waals surface area contributed by atoms with Gasteiger partial charge in [-0.1, -0.05) is 62.7 Å². The van der Waals surface area contributed by atoms with Crippen molar-refractivity contribution in [2.24, 2.45) is 12.5 Å². The number of pyridine rings is 1. The Kier molecular flexibility index (Phi) is 5.18. The average Bonchev–Trinajstić information content (AvgIpc) is 2.84. The summed E-state index contributed by atoms with van der Waals surface area (Å²) in [5.74, 6) is 1.88. The van der Waals surface area contributed by atoms with E-state index in [4.69, 9.17) is 4.74 Å². The smallest absolute Gasteiger partial charge is 0.228 e. The zero-order valence-electron chi connectivity index (χ0n) is 23.7. The fourth-order valence-electron chi connectivity index (χ4n) is 6.33. The van der Waals surface area contributed by atoms with E-state index in [9.17, 15) is 5.26 Å². The molecule has 190 valence electrons. The maximum atomic E-state index is 9.58. The zero-order valence-corrected chi connectivity index (χ0v) is 23.7. The van der Waals surface area contributed by atoms with Gasteiger partial charge in [0.15, 0.2) is 6.20 Å². The van der Waals surface area contributed by atoms with Gasteiger partial charge in [0.05, 0.1) is 22.4 Å². The molecule has 0 unspecified atom stereocenters. The minimum atomic E-state index is -0.409. The predicted octanol–water partition coefficient (Wildman–Crippen LogP) is 8.75. The lowest BCUT2D eigenvalue weighted by Gasteiger charge is -2.31. The van der Waals surface area contributed by atoms with Crippen molar-refractivity contribution >= 4 is 32.3 Å². The third-order valence-corrected chi connectivity index (χ3v) is 8.09. The van der Waals surface area contributed by atoms with Crippen LogP contribution < -0.4 is 9.30 Å². The van der Waals surface area contributed by atoms with Crippen LogP contribution in [-0.2, 0) is 18.9 Å². The summed E-state index contributed by atoms with van der Waals surface area (Å²) in [6, 6.07) is 20.3. The average molecular weight is 500 g/mol. The van der Waals surface area contributed by atoms with E-state index in [2.05, 4.69) is 107 Å². The van der Waals surface area contributed by atoms with Gasteiger partial charge >= 0.3 is 0 Å². The molecular formula is C35H35N2O+. The Morgan fingerprint density at radius 2 is 1.61 bits per heavy atom. The molecule has 0 fully saturated rings. The Morgan fingerprint density at radius 3 is 2.32 bits per heavy atom. The van der Waals surface area contributed by atoms with Gasteiger partial charge < -0.3 is 4.74 Å². The minimum absolute atomic E-state index is 0.109. The number of aromatic nitrogens is 1. The molecular weight excluding hydrogens is 464 g/mol. The van der Waals surface area contributed by atoms with Gasteiger partial charge in [0.25, 0.3) is 0 Å². The van der Waals surface area contributed by atoms with Gasteiger partial charge in [0.2, 0.25) is 5.69 Å². The molecule has 4 aromatic carbocycles. The Morgan fingerprint density at radius 1 is 0.868 bits per heavy atom. The van der Waals surface area contributed by atoms with Crippen LogP contribution in [0.25, 0.3) is 43.6 Å². The Bertz CT molecular complexity index is 1860. The SMILES string of the molecule is Cc1ccc2c(C(C)(C)C)c3c(c(C)c2c1)-c1c2c(cc4cc(CC(C)(C)C#N)ccc4c2cc[n+]1C)O3. The summed E-state index contributed by atoms with van der Waals surface area (Å²) >= 11 is 0. The van der Waals surface area contributed by atoms with Crippen LogP contribution in [0.3, 0.4) is 0 Å². The molecule has 1 aliphatic heterocycles. The molecule has 6 rings (SSSR count). The fraction of sp³-hybridized carbons (Fsp3) is 0.314. The van der Waals surface area contributed by atoms with E-state index in [-0.39, 0.29) is 5.41 Å². The molecule has 0 N–H and O–H groups in total. The van der Waals surface area contributed by atoms with Crippen molar-refractivity contribution in [3.8, 4) is 28.8 Å². The van der Waals surface area contributed by atoms with Crippen LogP contribution in [0, 0.1) is 30.6 Å². The first-order valence-corrected chi connectivity index (χ1v) is 13.4. The van der Waals surface area contributed by atoms with E-state index < -0.39 is 5.41 Å². The fourth-order valence-corrected chi connectivity index (χ4v) is 6.33. The molecule has 3 heteroatoms. The number of nitriles is 1. The van der Waals surface area contributed by atoms with Gasteiger partial charge in [-0.2, -0.15) is 5.26 Å². The van der Waals surface area contributed by atoms with Gasteiger partial charge in [-0.3, -0.25) is 0 Å². The van der Waals surface area contributed by atoms with Crippen molar-refractivity contribution in [3.63, 3.8) is 0 Å². The van der Waals surface area contributed by atoms with Gasteiger partial charge in [-0.05, 0) is 78.3 Å². The molecule has 0 saturated carbocycles. The quantitative estimate of drug-likeness (QED) is 0.176. The maximum absolute atomic E-state index is 9.58. The summed E-state index contributed by atoms with van der Waals surface area (Å²) in [5, 5.41) is 16.9. The second-order valence-electron chi connectivity index (χ2n) is 12.8. The number of ether oxygens (including phenoxy) is 1. The van der Waals surface area contributed by atoms with Gasteiger partial charge in [-0.25, -0.2) is 4.57 Å². The molecule has 3 nitrogen and oxygen atoms in total. The molecule has 5 aromatic rings. The van der Waals surface area contributed by atoms with Crippen LogP contribution in [0.2, 0.25) is 0 Å². The largest absolute Gasteiger partial charge is 0.455 e. The number of hydrogen-bond acceptors (Lipinski definition) is 2. The molecule has 0 radical (unpaired) electrons. The lowest BCUT2D eigenvalue weighted by molar-refractivity contribution is -0.659. The van der Waals surface area contributed by atoms with Crippen molar-refractivity contribution in [2.45, 2.75) is 60.3 Å². The van der Waals surface area contributed by atoms with Crippen molar-refractivity contribution in [2.75, 3.05) is 0 Å². The van der Waals surface area contributed by atoms with Crippen LogP contribution in [0.15, 0.2) is 54.7 Å². The molecule has 38 heavy (non-hydrogen) atoms. The summed E-state index contributed by atoms with van der Waals surface area (Å²) in [5.41, 5.74) is 6.83. The molecule has 0 atom stereocenters. The monoisotopic (exact) mass is 499 g/mol. The number of nitrogens with zero attached hydrogens (tertiary/aromatic N) is 2. The van der Waals surface area contributed by atoms with Crippen molar-refractivity contribution in [1.82, 2.24) is 0 Å². The lowest BCUT2D eigenvalue weighted by atomic mass is 9.78. The van der Waals surface area contributed by atoms with Crippen molar-refractivity contribution in [3.05, 3.63) is 77.0 Å². The number of rotatable bonds is 2. The number of hydrogen-bond donors (Lipinski definition) is 0. The molecule has 0 saturated heterocycles. The van der Waals surface area contributed by atoms with Crippen LogP contribution in [-0.4, -0.2) is 0 Å². The van der Waals surface area contributed by atoms with Crippen molar-refractivity contribution in [1.29, 1.82) is 5.26 Å². The second kappa shape index (κ2) is 8.05. The molecule has 1 aliphatic rings. The summed E-state index contributed by atoms with van der Waals surface area (Å²) in [6.07, 6.45) is 2.89. The minimum Gasteiger partial charge on any atom is -0.455 e. The molecule has 0 spiro atoms. The molecule has 1 aromatic heterocycles. The first-order chi connectivity index (χ1) is 17.9. The highest BCUT2D eigenvalue weighted by Crippen LogP contribution is 2.54. The van der Waals surface area contributed by atoms with Gasteiger partial charge in [0.1, 0.15) is 18.5 Å². The summed E-state index contributed by atoms with van der Waals surface area (Å²) in [6.45, 7) is 15.2. The topological polar surface area (TPSA) is 36.9 Å². The third-order valence-electron chi connectivity index (χ3n) is 8.09. The lowest BCUT2D eigenvalue weighted by Crippen LogP contribution is -2.32. The highest BCUT2D eigenvalue weighted by Gasteiger charge is 2.36. The van der Waals surface area contributed by atoms with E-state index in [1.54, 1.807) is 0 Å². The van der Waals surface area contributed by atoms with E-state index in [1.165, 1.54) is 55.1 Å². The number of fused-ring (bicyclic) bond motifs is 5. The number of benzene rings is 4. The standard InChI is InChI=1S/C35H35N2O/c1-20-9-11-26-27(15-20)21(2)29-32-30-25(13-14-37(32)8)24-12-10-22(18-35(6,7)19-36)16-23(24)17-28(30)38-33(29)31(26)34(3,4)5/h9-17H,18H2,1-8H3/q+1. The third kappa shape index (κ3) is 3.58. The van der Waals surface area contributed by atoms with Crippen LogP contribution in [0.1, 0.15) is 56.9 Å². The normalized spacial score (nSPS) is 13.0. The highest BCUT2D eigenvalue weighted by atomic mass is 16.5. The number of aryl methyl sites for hydroxylation is 3. The summed E-state index contributed by atoms with van der Waals surface area (Å²) in [4.78, 5) is 0. The Hall–Kier alpha value is -3.90. The van der Waals surface area contributed by atoms with Crippen LogP contribution >= 0.6 is 0 Å². The molecule has 0 aliphatic carbocycles. The van der Waals surface area contributed by atoms with E-state index in [0.29, 0.717) is 6.42 Å². The van der Waals surface area contributed by atoms with Gasteiger partial charge in [-0.15, -0.1) is 0 Å². The first kappa shape index (κ1) is 24.4. The predicted molar refractivity (Wildman–Crippen MR) is 157 cm³/mol. The Balaban J connectivity index is 1.73. The Labute approximate surface area is 225 Å². The first-order valence-electron chi connectivity index (χ1n) is 13.4. The van der Waals surface area contributed by atoms with Gasteiger partial charge in [0, 0.05) is 17.0 Å². The van der Waals surface area contributed by atoms with E-state index in [0.717, 1.165) is 22.3 Å². The molecule has 0 bridgehead atoms. The van der Waals surface area contributed by atoms with Crippen LogP contribution in [0.4, 0.5) is 0 Å². The van der Waals surface area contributed by atoms with Crippen molar-refractivity contribution < 1.29 is 9.30 Å². The van der Waals surface area contributed by atoms with E-state index in [1.807, 2.05) is 13.8 Å². The second-order valence-corrected chi connectivity index (χ2v) is 12.8. The van der Waals surface area contributed by atoms with E-state index >= 15 is 0 Å². The molecule has 2 heterocycles. The maximum Gasteiger partial charge on any atom is 0.228 e.